The largest absolute Gasteiger partial charge is 0.313 e. The van der Waals surface area contributed by atoms with Crippen LogP contribution >= 0.6 is 35.6 Å². The molecular formula is C10H15Cl3N4. The molecule has 0 aromatic carbocycles. The van der Waals surface area contributed by atoms with Crippen LogP contribution in [0.25, 0.3) is 0 Å². The van der Waals surface area contributed by atoms with E-state index in [0.717, 1.165) is 18.7 Å². The zero-order valence-electron chi connectivity index (χ0n) is 9.25. The van der Waals surface area contributed by atoms with E-state index in [2.05, 4.69) is 20.6 Å². The Kier molecular flexibility index (Phi) is 6.44. The van der Waals surface area contributed by atoms with E-state index in [1.54, 1.807) is 6.20 Å². The molecule has 0 spiro atoms. The number of rotatable bonds is 4. The lowest BCUT2D eigenvalue weighted by molar-refractivity contribution is 0.535. The molecular weight excluding hydrogens is 282 g/mol. The third-order valence-corrected chi connectivity index (χ3v) is 3.16. The van der Waals surface area contributed by atoms with E-state index >= 15 is 0 Å². The molecule has 1 aliphatic heterocycles. The highest BCUT2D eigenvalue weighted by Crippen LogP contribution is 2.13. The molecule has 0 aliphatic carbocycles. The molecule has 1 aliphatic rings. The molecule has 1 saturated heterocycles. The van der Waals surface area contributed by atoms with Gasteiger partial charge in [-0.25, -0.2) is 9.97 Å². The first kappa shape index (κ1) is 14.9. The first-order valence-corrected chi connectivity index (χ1v) is 6.12. The van der Waals surface area contributed by atoms with Crippen molar-refractivity contribution in [3.05, 3.63) is 22.2 Å². The van der Waals surface area contributed by atoms with Gasteiger partial charge in [-0.3, -0.25) is 0 Å². The highest BCUT2D eigenvalue weighted by Gasteiger charge is 2.13. The zero-order chi connectivity index (χ0) is 11.4. The average molecular weight is 298 g/mol. The van der Waals surface area contributed by atoms with Gasteiger partial charge in [-0.2, -0.15) is 0 Å². The second-order valence-corrected chi connectivity index (χ2v) is 4.58. The Morgan fingerprint density at radius 2 is 2.29 bits per heavy atom. The molecule has 2 N–H and O–H groups in total. The molecule has 0 saturated carbocycles. The maximum atomic E-state index is 5.93. The molecule has 0 bridgehead atoms. The van der Waals surface area contributed by atoms with Crippen molar-refractivity contribution in [2.24, 2.45) is 0 Å². The quantitative estimate of drug-likeness (QED) is 0.660. The lowest BCUT2D eigenvalue weighted by Crippen LogP contribution is -2.33. The van der Waals surface area contributed by atoms with Gasteiger partial charge in [-0.05, 0) is 31.0 Å². The van der Waals surface area contributed by atoms with Gasteiger partial charge >= 0.3 is 0 Å². The first-order valence-electron chi connectivity index (χ1n) is 5.37. The molecule has 1 aromatic rings. The van der Waals surface area contributed by atoms with Crippen LogP contribution in [0.1, 0.15) is 18.4 Å². The Balaban J connectivity index is 0.00000144. The Hall–Kier alpha value is -0.130. The first-order chi connectivity index (χ1) is 7.75. The van der Waals surface area contributed by atoms with Crippen LogP contribution in [0.2, 0.25) is 10.4 Å². The Bertz CT molecular complexity index is 355. The van der Waals surface area contributed by atoms with Gasteiger partial charge in [0.2, 0.25) is 5.28 Å². The average Bonchev–Trinajstić information content (AvgIpc) is 2.74. The standard InChI is InChI=1S/C10H14Cl2N4.ClH/c11-9-7(5-15-10(12)16-9)4-13-6-8-2-1-3-14-8;/h5,8,13-14H,1-4,6H2;1H. The van der Waals surface area contributed by atoms with Crippen molar-refractivity contribution in [2.45, 2.75) is 25.4 Å². The molecule has 1 atom stereocenters. The van der Waals surface area contributed by atoms with Crippen molar-refractivity contribution in [3.63, 3.8) is 0 Å². The van der Waals surface area contributed by atoms with Gasteiger partial charge in [0, 0.05) is 30.9 Å². The molecule has 0 radical (unpaired) electrons. The second kappa shape index (κ2) is 7.34. The van der Waals surface area contributed by atoms with E-state index in [1.807, 2.05) is 0 Å². The van der Waals surface area contributed by atoms with Gasteiger partial charge in [0.25, 0.3) is 0 Å². The summed E-state index contributed by atoms with van der Waals surface area (Å²) in [7, 11) is 0. The second-order valence-electron chi connectivity index (χ2n) is 3.88. The summed E-state index contributed by atoms with van der Waals surface area (Å²) in [6.45, 7) is 2.74. The minimum Gasteiger partial charge on any atom is -0.313 e. The van der Waals surface area contributed by atoms with E-state index in [9.17, 15) is 0 Å². The Morgan fingerprint density at radius 3 is 2.94 bits per heavy atom. The van der Waals surface area contributed by atoms with E-state index < -0.39 is 0 Å². The third kappa shape index (κ3) is 4.56. The summed E-state index contributed by atoms with van der Waals surface area (Å²) in [5.41, 5.74) is 0.879. The fourth-order valence-electron chi connectivity index (χ4n) is 1.80. The molecule has 96 valence electrons. The highest BCUT2D eigenvalue weighted by molar-refractivity contribution is 6.32. The van der Waals surface area contributed by atoms with Gasteiger partial charge in [-0.15, -0.1) is 12.4 Å². The number of halogens is 3. The number of nitrogens with zero attached hydrogens (tertiary/aromatic N) is 2. The van der Waals surface area contributed by atoms with Crippen LogP contribution in [0.3, 0.4) is 0 Å². The smallest absolute Gasteiger partial charge is 0.223 e. The van der Waals surface area contributed by atoms with Gasteiger partial charge in [0.1, 0.15) is 5.15 Å². The maximum Gasteiger partial charge on any atom is 0.223 e. The molecule has 7 heteroatoms. The van der Waals surface area contributed by atoms with Crippen LogP contribution in [0.15, 0.2) is 6.20 Å². The van der Waals surface area contributed by atoms with Crippen LogP contribution in [-0.4, -0.2) is 29.1 Å². The maximum absolute atomic E-state index is 5.93. The molecule has 4 nitrogen and oxygen atoms in total. The summed E-state index contributed by atoms with van der Waals surface area (Å²) < 4.78 is 0. The molecule has 2 rings (SSSR count). The van der Waals surface area contributed by atoms with E-state index in [4.69, 9.17) is 23.2 Å². The van der Waals surface area contributed by atoms with Gasteiger partial charge in [0.15, 0.2) is 0 Å². The van der Waals surface area contributed by atoms with Crippen LogP contribution < -0.4 is 10.6 Å². The SMILES string of the molecule is Cl.Clc1ncc(CNCC2CCCN2)c(Cl)n1. The minimum absolute atomic E-state index is 0. The van der Waals surface area contributed by atoms with Crippen molar-refractivity contribution in [2.75, 3.05) is 13.1 Å². The summed E-state index contributed by atoms with van der Waals surface area (Å²) >= 11 is 11.6. The monoisotopic (exact) mass is 296 g/mol. The highest BCUT2D eigenvalue weighted by atomic mass is 35.5. The summed E-state index contributed by atoms with van der Waals surface area (Å²) in [6, 6.07) is 0.576. The van der Waals surface area contributed by atoms with Gasteiger partial charge < -0.3 is 10.6 Å². The third-order valence-electron chi connectivity index (χ3n) is 2.65. The van der Waals surface area contributed by atoms with Crippen molar-refractivity contribution >= 4 is 35.6 Å². The van der Waals surface area contributed by atoms with E-state index in [0.29, 0.717) is 17.7 Å². The summed E-state index contributed by atoms with van der Waals surface area (Å²) in [5.74, 6) is 0. The predicted molar refractivity (Wildman–Crippen MR) is 72.0 cm³/mol. The zero-order valence-corrected chi connectivity index (χ0v) is 11.6. The Labute approximate surface area is 117 Å². The van der Waals surface area contributed by atoms with Crippen LogP contribution in [0, 0.1) is 0 Å². The van der Waals surface area contributed by atoms with Crippen molar-refractivity contribution < 1.29 is 0 Å². The molecule has 1 fully saturated rings. The van der Waals surface area contributed by atoms with Crippen molar-refractivity contribution in [1.82, 2.24) is 20.6 Å². The van der Waals surface area contributed by atoms with E-state index in [-0.39, 0.29) is 17.7 Å². The van der Waals surface area contributed by atoms with Crippen molar-refractivity contribution in [1.29, 1.82) is 0 Å². The fraction of sp³-hybridized carbons (Fsp3) is 0.600. The minimum atomic E-state index is 0. The number of hydrogen-bond donors (Lipinski definition) is 2. The summed E-state index contributed by atoms with van der Waals surface area (Å²) in [4.78, 5) is 7.79. The molecule has 17 heavy (non-hydrogen) atoms. The lowest BCUT2D eigenvalue weighted by atomic mass is 10.2. The number of aromatic nitrogens is 2. The van der Waals surface area contributed by atoms with Crippen molar-refractivity contribution in [3.8, 4) is 0 Å². The van der Waals surface area contributed by atoms with Crippen LogP contribution in [-0.2, 0) is 6.54 Å². The fourth-order valence-corrected chi connectivity index (χ4v) is 2.17. The topological polar surface area (TPSA) is 49.8 Å². The lowest BCUT2D eigenvalue weighted by Gasteiger charge is -2.11. The summed E-state index contributed by atoms with van der Waals surface area (Å²) in [6.07, 6.45) is 4.15. The van der Waals surface area contributed by atoms with Crippen LogP contribution in [0.4, 0.5) is 0 Å². The predicted octanol–water partition coefficient (Wildman–Crippen LogP) is 2.05. The molecule has 1 aromatic heterocycles. The molecule has 0 amide bonds. The van der Waals surface area contributed by atoms with E-state index in [1.165, 1.54) is 12.8 Å². The van der Waals surface area contributed by atoms with Gasteiger partial charge in [-0.1, -0.05) is 11.6 Å². The Morgan fingerprint density at radius 1 is 1.47 bits per heavy atom. The normalized spacial score (nSPS) is 19.1. The molecule has 2 heterocycles. The van der Waals surface area contributed by atoms with Gasteiger partial charge in [0.05, 0.1) is 0 Å². The number of hydrogen-bond acceptors (Lipinski definition) is 4. The number of nitrogens with one attached hydrogen (secondary N) is 2. The summed E-state index contributed by atoms with van der Waals surface area (Å²) in [5, 5.41) is 7.36. The molecule has 1 unspecified atom stereocenters. The van der Waals surface area contributed by atoms with Crippen LogP contribution in [0.5, 0.6) is 0 Å².